The highest BCUT2D eigenvalue weighted by molar-refractivity contribution is 6.42. The van der Waals surface area contributed by atoms with E-state index in [-0.39, 0.29) is 11.8 Å². The van der Waals surface area contributed by atoms with Crippen LogP contribution in [0.3, 0.4) is 0 Å². The first kappa shape index (κ1) is 27.0. The molecule has 1 aliphatic rings. The van der Waals surface area contributed by atoms with E-state index in [4.69, 9.17) is 32.9 Å². The van der Waals surface area contributed by atoms with Crippen molar-refractivity contribution in [3.05, 3.63) is 112 Å². The molecule has 0 saturated carbocycles. The van der Waals surface area contributed by atoms with Crippen molar-refractivity contribution in [3.8, 4) is 11.5 Å². The fourth-order valence-corrected chi connectivity index (χ4v) is 5.35. The van der Waals surface area contributed by atoms with Gasteiger partial charge in [0.1, 0.15) is 11.5 Å². The predicted octanol–water partition coefficient (Wildman–Crippen LogP) is 8.00. The van der Waals surface area contributed by atoms with Crippen molar-refractivity contribution in [3.63, 3.8) is 0 Å². The molecule has 0 N–H and O–H groups in total. The van der Waals surface area contributed by atoms with Crippen LogP contribution in [0.25, 0.3) is 21.5 Å². The largest absolute Gasteiger partial charge is 0.457 e. The minimum Gasteiger partial charge on any atom is -0.457 e. The zero-order valence-electron chi connectivity index (χ0n) is 22.4. The van der Waals surface area contributed by atoms with Crippen LogP contribution in [0.15, 0.2) is 89.9 Å². The zero-order valence-corrected chi connectivity index (χ0v) is 23.9. The second-order valence-electron chi connectivity index (χ2n) is 10.1. The van der Waals surface area contributed by atoms with Gasteiger partial charge in [-0.2, -0.15) is 0 Å². The van der Waals surface area contributed by atoms with E-state index in [1.165, 1.54) is 4.90 Å². The SMILES string of the molecule is CN(C)CCN1C(=O)c2cccc3cc4cccc(/N=C\c5cccc(Oc6ccc(Cl)c(Cl)c6)c5)c4c(c23)C1=O. The molecule has 0 saturated heterocycles. The molecule has 0 aromatic heterocycles. The molecular weight excluding hydrogens is 557 g/mol. The number of benzene rings is 5. The number of aliphatic imine (C=N–C) groups is 1. The topological polar surface area (TPSA) is 62.2 Å². The van der Waals surface area contributed by atoms with Gasteiger partial charge >= 0.3 is 0 Å². The van der Waals surface area contributed by atoms with Gasteiger partial charge in [0, 0.05) is 41.7 Å². The van der Waals surface area contributed by atoms with Crippen LogP contribution in [0.4, 0.5) is 5.69 Å². The van der Waals surface area contributed by atoms with Gasteiger partial charge in [-0.05, 0) is 72.9 Å². The van der Waals surface area contributed by atoms with Crippen molar-refractivity contribution in [1.29, 1.82) is 0 Å². The van der Waals surface area contributed by atoms with E-state index in [0.29, 0.717) is 56.8 Å². The number of carbonyl (C=O) groups excluding carboxylic acids is 2. The molecule has 1 heterocycles. The summed E-state index contributed by atoms with van der Waals surface area (Å²) in [5.74, 6) is 0.609. The number of amides is 2. The summed E-state index contributed by atoms with van der Waals surface area (Å²) < 4.78 is 5.97. The second kappa shape index (κ2) is 11.0. The summed E-state index contributed by atoms with van der Waals surface area (Å²) in [7, 11) is 3.83. The summed E-state index contributed by atoms with van der Waals surface area (Å²) in [6, 6.07) is 26.0. The van der Waals surface area contributed by atoms with E-state index in [9.17, 15) is 9.59 Å². The number of likely N-dealkylation sites (N-methyl/N-ethyl adjacent to an activating group) is 1. The fourth-order valence-electron chi connectivity index (χ4n) is 5.07. The van der Waals surface area contributed by atoms with Gasteiger partial charge in [-0.25, -0.2) is 0 Å². The van der Waals surface area contributed by atoms with Crippen molar-refractivity contribution < 1.29 is 14.3 Å². The standard InChI is InChI=1S/C33H25Cl2N3O3/c1-37(2)14-15-38-32(39)25-10-4-7-21-17-22-8-5-11-28(30(22)31(29(21)25)33(38)40)36-19-20-6-3-9-23(16-20)41-24-12-13-26(34)27(35)18-24/h3-13,16-19H,14-15H2,1-2H3/b36-19-. The Kier molecular flexibility index (Phi) is 7.22. The van der Waals surface area contributed by atoms with Gasteiger partial charge in [0.05, 0.1) is 21.3 Å². The maximum Gasteiger partial charge on any atom is 0.262 e. The van der Waals surface area contributed by atoms with E-state index in [0.717, 1.165) is 21.7 Å². The van der Waals surface area contributed by atoms with Crippen LogP contribution in [0.1, 0.15) is 26.3 Å². The number of carbonyl (C=O) groups is 2. The normalized spacial score (nSPS) is 13.2. The van der Waals surface area contributed by atoms with Gasteiger partial charge in [0.25, 0.3) is 11.8 Å². The molecule has 0 bridgehead atoms. The molecule has 2 amide bonds. The molecule has 8 heteroatoms. The van der Waals surface area contributed by atoms with Crippen LogP contribution in [-0.4, -0.2) is 55.0 Å². The highest BCUT2D eigenvalue weighted by Gasteiger charge is 2.34. The molecule has 41 heavy (non-hydrogen) atoms. The van der Waals surface area contributed by atoms with Crippen LogP contribution >= 0.6 is 23.2 Å². The lowest BCUT2D eigenvalue weighted by Gasteiger charge is -2.29. The summed E-state index contributed by atoms with van der Waals surface area (Å²) in [4.78, 5) is 35.4. The average molecular weight is 582 g/mol. The number of fused-ring (bicyclic) bond motifs is 2. The van der Waals surface area contributed by atoms with Crippen LogP contribution < -0.4 is 4.74 Å². The molecule has 6 nitrogen and oxygen atoms in total. The van der Waals surface area contributed by atoms with Gasteiger partial charge in [-0.1, -0.05) is 59.6 Å². The van der Waals surface area contributed by atoms with Crippen LogP contribution in [0.5, 0.6) is 11.5 Å². The monoisotopic (exact) mass is 581 g/mol. The molecule has 5 aromatic carbocycles. The Balaban J connectivity index is 1.42. The third kappa shape index (κ3) is 5.18. The molecule has 1 aliphatic heterocycles. The van der Waals surface area contributed by atoms with Gasteiger partial charge in [-0.15, -0.1) is 0 Å². The van der Waals surface area contributed by atoms with Crippen LogP contribution in [0, 0.1) is 0 Å². The first-order valence-corrected chi connectivity index (χ1v) is 13.8. The average Bonchev–Trinajstić information content (AvgIpc) is 2.95. The lowest BCUT2D eigenvalue weighted by Crippen LogP contribution is -2.43. The van der Waals surface area contributed by atoms with Crippen molar-refractivity contribution in [1.82, 2.24) is 9.80 Å². The number of ether oxygens (including phenoxy) is 1. The van der Waals surface area contributed by atoms with Crippen molar-refractivity contribution in [2.75, 3.05) is 27.2 Å². The Bertz CT molecular complexity index is 1880. The minimum atomic E-state index is -0.300. The fraction of sp³-hybridized carbons (Fsp3) is 0.121. The number of halogens is 2. The van der Waals surface area contributed by atoms with E-state index in [1.54, 1.807) is 30.5 Å². The molecule has 0 spiro atoms. The molecule has 204 valence electrons. The Morgan fingerprint density at radius 3 is 2.32 bits per heavy atom. The molecule has 0 atom stereocenters. The maximum absolute atomic E-state index is 13.9. The molecule has 0 aliphatic carbocycles. The van der Waals surface area contributed by atoms with Crippen molar-refractivity contribution in [2.24, 2.45) is 4.99 Å². The first-order chi connectivity index (χ1) is 19.8. The summed E-state index contributed by atoms with van der Waals surface area (Å²) in [6.07, 6.45) is 1.74. The number of hydrogen-bond donors (Lipinski definition) is 0. The summed E-state index contributed by atoms with van der Waals surface area (Å²) in [6.45, 7) is 0.868. The molecule has 5 aromatic rings. The maximum atomic E-state index is 13.9. The van der Waals surface area contributed by atoms with Crippen molar-refractivity contribution >= 4 is 68.5 Å². The third-order valence-electron chi connectivity index (χ3n) is 7.03. The molecule has 0 fully saturated rings. The number of hydrogen-bond acceptors (Lipinski definition) is 5. The van der Waals surface area contributed by atoms with Crippen LogP contribution in [0.2, 0.25) is 10.0 Å². The summed E-state index contributed by atoms with van der Waals surface area (Å²) >= 11 is 12.2. The van der Waals surface area contributed by atoms with Gasteiger partial charge in [0.2, 0.25) is 0 Å². The Morgan fingerprint density at radius 2 is 1.54 bits per heavy atom. The molecular formula is C33H25Cl2N3O3. The van der Waals surface area contributed by atoms with E-state index >= 15 is 0 Å². The highest BCUT2D eigenvalue weighted by Crippen LogP contribution is 2.40. The number of rotatable bonds is 7. The molecule has 0 radical (unpaired) electrons. The number of nitrogens with zero attached hydrogens (tertiary/aromatic N) is 3. The minimum absolute atomic E-state index is 0.269. The summed E-state index contributed by atoms with van der Waals surface area (Å²) in [5.41, 5.74) is 2.49. The zero-order chi connectivity index (χ0) is 28.7. The lowest BCUT2D eigenvalue weighted by molar-refractivity contribution is 0.0602. The first-order valence-electron chi connectivity index (χ1n) is 13.1. The quantitative estimate of drug-likeness (QED) is 0.111. The predicted molar refractivity (Wildman–Crippen MR) is 166 cm³/mol. The second-order valence-corrected chi connectivity index (χ2v) is 10.9. The van der Waals surface area contributed by atoms with E-state index in [1.807, 2.05) is 79.7 Å². The van der Waals surface area contributed by atoms with Gasteiger partial charge in [0.15, 0.2) is 0 Å². The third-order valence-corrected chi connectivity index (χ3v) is 7.76. The summed E-state index contributed by atoms with van der Waals surface area (Å²) in [5, 5.41) is 4.00. The molecule has 0 unspecified atom stereocenters. The van der Waals surface area contributed by atoms with Gasteiger partial charge in [-0.3, -0.25) is 19.5 Å². The Morgan fingerprint density at radius 1 is 0.805 bits per heavy atom. The molecule has 6 rings (SSSR count). The van der Waals surface area contributed by atoms with Crippen LogP contribution in [-0.2, 0) is 0 Å². The van der Waals surface area contributed by atoms with E-state index in [2.05, 4.69) is 0 Å². The van der Waals surface area contributed by atoms with Crippen molar-refractivity contribution in [2.45, 2.75) is 0 Å². The number of imide groups is 1. The van der Waals surface area contributed by atoms with E-state index < -0.39 is 0 Å². The Labute approximate surface area is 247 Å². The smallest absolute Gasteiger partial charge is 0.262 e. The van der Waals surface area contributed by atoms with Gasteiger partial charge < -0.3 is 9.64 Å². The Hall–Kier alpha value is -4.23. The lowest BCUT2D eigenvalue weighted by atomic mass is 9.89. The highest BCUT2D eigenvalue weighted by atomic mass is 35.5.